The maximum Gasteiger partial charge on any atom is 0.341 e. The number of aliphatic carboxylic acids is 1. The highest BCUT2D eigenvalue weighted by Gasteiger charge is 2.15. The number of aromatic amines is 1. The highest BCUT2D eigenvalue weighted by molar-refractivity contribution is 6.06. The van der Waals surface area contributed by atoms with E-state index in [1.807, 2.05) is 14.0 Å². The van der Waals surface area contributed by atoms with E-state index in [4.69, 9.17) is 15.6 Å². The first-order valence-electron chi connectivity index (χ1n) is 10.6. The number of nitrogens with two attached hydrogens (primary N) is 1. The molecule has 0 saturated carbocycles. The summed E-state index contributed by atoms with van der Waals surface area (Å²) in [5.74, 6) is -0.165. The van der Waals surface area contributed by atoms with Gasteiger partial charge in [-0.1, -0.05) is 6.07 Å². The number of nitrogens with one attached hydrogen (secondary N) is 2. The molecule has 0 aliphatic rings. The van der Waals surface area contributed by atoms with E-state index >= 15 is 0 Å². The van der Waals surface area contributed by atoms with Crippen molar-refractivity contribution >= 4 is 34.7 Å². The van der Waals surface area contributed by atoms with Gasteiger partial charge in [0.15, 0.2) is 12.5 Å². The van der Waals surface area contributed by atoms with E-state index in [0.717, 1.165) is 19.5 Å². The van der Waals surface area contributed by atoms with Crippen molar-refractivity contribution in [2.24, 2.45) is 10.7 Å². The zero-order chi connectivity index (χ0) is 23.8. The second-order valence-electron chi connectivity index (χ2n) is 7.79. The summed E-state index contributed by atoms with van der Waals surface area (Å²) in [7, 11) is 2.03. The molecule has 3 aromatic rings. The summed E-state index contributed by atoms with van der Waals surface area (Å²) in [5, 5.41) is 23.1. The number of carbonyl (C=O) groups is 1. The van der Waals surface area contributed by atoms with Gasteiger partial charge in [0.2, 0.25) is 0 Å². The number of rotatable bonds is 12. The number of H-pyrrole nitrogens is 1. The van der Waals surface area contributed by atoms with Gasteiger partial charge in [-0.15, -0.1) is 0 Å². The first kappa shape index (κ1) is 24.0. The predicted molar refractivity (Wildman–Crippen MR) is 127 cm³/mol. The Labute approximate surface area is 191 Å². The van der Waals surface area contributed by atoms with Crippen LogP contribution < -0.4 is 15.8 Å². The van der Waals surface area contributed by atoms with Crippen LogP contribution in [-0.2, 0) is 4.79 Å². The van der Waals surface area contributed by atoms with E-state index < -0.39 is 12.6 Å². The van der Waals surface area contributed by atoms with Gasteiger partial charge in [-0.25, -0.2) is 14.8 Å². The van der Waals surface area contributed by atoms with Crippen LogP contribution in [0.15, 0.2) is 35.6 Å². The van der Waals surface area contributed by atoms with Crippen molar-refractivity contribution in [1.82, 2.24) is 19.9 Å². The Morgan fingerprint density at radius 1 is 1.42 bits per heavy atom. The van der Waals surface area contributed by atoms with E-state index in [2.05, 4.69) is 30.2 Å². The lowest BCUT2D eigenvalue weighted by Crippen LogP contribution is -2.33. The van der Waals surface area contributed by atoms with Gasteiger partial charge in [0, 0.05) is 31.4 Å². The van der Waals surface area contributed by atoms with Gasteiger partial charge in [-0.3, -0.25) is 4.99 Å². The number of hydrogen-bond acceptors (Lipinski definition) is 9. The van der Waals surface area contributed by atoms with E-state index in [9.17, 15) is 9.90 Å². The number of aliphatic imine (C=N–C) groups is 1. The number of ether oxygens (including phenoxy) is 1. The molecule has 33 heavy (non-hydrogen) atoms. The fourth-order valence-corrected chi connectivity index (χ4v) is 3.37. The van der Waals surface area contributed by atoms with Crippen LogP contribution in [0.1, 0.15) is 18.9 Å². The Balaban J connectivity index is 1.74. The maximum absolute atomic E-state index is 10.7. The number of carboxylic acid groups (broad SMARTS) is 1. The molecule has 0 aliphatic heterocycles. The molecule has 11 heteroatoms. The largest absolute Gasteiger partial charge is 0.494 e. The van der Waals surface area contributed by atoms with Crippen LogP contribution in [0, 0.1) is 0 Å². The SMILES string of the molecule is C[C@H](N)CN(C)CCCNc1ncnc2[nH]c(O)c(C=Nc3cccc(OCC(=O)O)c3)c12. The summed E-state index contributed by atoms with van der Waals surface area (Å²) >= 11 is 0. The summed E-state index contributed by atoms with van der Waals surface area (Å²) in [6.07, 6.45) is 3.82. The number of aromatic hydroxyl groups is 1. The molecule has 11 nitrogen and oxygen atoms in total. The molecular weight excluding hydrogens is 426 g/mol. The van der Waals surface area contributed by atoms with Crippen LogP contribution in [0.4, 0.5) is 11.5 Å². The van der Waals surface area contributed by atoms with Crippen molar-refractivity contribution in [1.29, 1.82) is 0 Å². The fraction of sp³-hybridized carbons (Fsp3) is 0.364. The molecule has 0 bridgehead atoms. The molecule has 0 radical (unpaired) electrons. The maximum atomic E-state index is 10.7. The van der Waals surface area contributed by atoms with E-state index in [1.165, 1.54) is 12.5 Å². The van der Waals surface area contributed by atoms with E-state index in [-0.39, 0.29) is 11.9 Å². The second kappa shape index (κ2) is 11.2. The van der Waals surface area contributed by atoms with Crippen molar-refractivity contribution < 1.29 is 19.7 Å². The van der Waals surface area contributed by atoms with Crippen LogP contribution in [-0.4, -0.2) is 81.6 Å². The van der Waals surface area contributed by atoms with Gasteiger partial charge in [0.25, 0.3) is 0 Å². The molecule has 0 amide bonds. The van der Waals surface area contributed by atoms with E-state index in [0.29, 0.717) is 40.4 Å². The van der Waals surface area contributed by atoms with Crippen LogP contribution in [0.5, 0.6) is 11.6 Å². The standard InChI is InChI=1S/C22H29N7O4/c1-14(23)11-29(2)8-4-7-24-20-19-17(22(32)28-21(19)27-13-26-20)10-25-15-5-3-6-16(9-15)33-12-18(30)31/h3,5-6,9-10,13-14,32H,4,7-8,11-12,23H2,1-2H3,(H,30,31)(H2,24,26,27,28)/t14-/m0/s1. The monoisotopic (exact) mass is 455 g/mol. The number of benzene rings is 1. The number of likely N-dealkylation sites (N-methyl/N-ethyl adjacent to an activating group) is 1. The zero-order valence-corrected chi connectivity index (χ0v) is 18.7. The van der Waals surface area contributed by atoms with Crippen molar-refractivity contribution in [3.05, 3.63) is 36.2 Å². The third-order valence-corrected chi connectivity index (χ3v) is 4.74. The van der Waals surface area contributed by atoms with Crippen molar-refractivity contribution in [3.63, 3.8) is 0 Å². The normalized spacial score (nSPS) is 12.5. The third-order valence-electron chi connectivity index (χ3n) is 4.74. The number of anilines is 1. The average Bonchev–Trinajstić information content (AvgIpc) is 3.09. The van der Waals surface area contributed by atoms with Crippen LogP contribution in [0.25, 0.3) is 11.0 Å². The summed E-state index contributed by atoms with van der Waals surface area (Å²) in [6, 6.07) is 6.83. The lowest BCUT2D eigenvalue weighted by atomic mass is 10.2. The van der Waals surface area contributed by atoms with Crippen molar-refractivity contribution in [2.45, 2.75) is 19.4 Å². The number of nitrogens with zero attached hydrogens (tertiary/aromatic N) is 4. The second-order valence-corrected chi connectivity index (χ2v) is 7.79. The first-order valence-corrected chi connectivity index (χ1v) is 10.6. The van der Waals surface area contributed by atoms with Gasteiger partial charge in [-0.05, 0) is 39.1 Å². The average molecular weight is 456 g/mol. The van der Waals surface area contributed by atoms with Crippen molar-refractivity contribution in [2.75, 3.05) is 38.6 Å². The van der Waals surface area contributed by atoms with Crippen LogP contribution in [0.2, 0.25) is 0 Å². The molecule has 1 atom stereocenters. The molecule has 0 fully saturated rings. The smallest absolute Gasteiger partial charge is 0.341 e. The predicted octanol–water partition coefficient (Wildman–Crippen LogP) is 1.96. The molecular formula is C22H29N7O4. The van der Waals surface area contributed by atoms with Gasteiger partial charge in [-0.2, -0.15) is 0 Å². The minimum Gasteiger partial charge on any atom is -0.494 e. The van der Waals surface area contributed by atoms with Crippen LogP contribution in [0.3, 0.4) is 0 Å². The summed E-state index contributed by atoms with van der Waals surface area (Å²) < 4.78 is 5.18. The topological polar surface area (TPSA) is 162 Å². The van der Waals surface area contributed by atoms with Gasteiger partial charge in [0.05, 0.1) is 16.6 Å². The molecule has 3 rings (SSSR count). The van der Waals surface area contributed by atoms with Gasteiger partial charge in [0.1, 0.15) is 23.5 Å². The fourth-order valence-electron chi connectivity index (χ4n) is 3.37. The summed E-state index contributed by atoms with van der Waals surface area (Å²) in [5.41, 5.74) is 7.30. The number of carboxylic acids is 1. The Kier molecular flexibility index (Phi) is 8.17. The van der Waals surface area contributed by atoms with Gasteiger partial charge < -0.3 is 35.9 Å². The zero-order valence-electron chi connectivity index (χ0n) is 18.7. The Morgan fingerprint density at radius 2 is 2.24 bits per heavy atom. The minimum absolute atomic E-state index is 0.0766. The molecule has 6 N–H and O–H groups in total. The van der Waals surface area contributed by atoms with Gasteiger partial charge >= 0.3 is 5.97 Å². The molecule has 1 aromatic carbocycles. The quantitative estimate of drug-likeness (QED) is 0.203. The summed E-state index contributed by atoms with van der Waals surface area (Å²) in [4.78, 5) is 28.6. The molecule has 2 heterocycles. The molecule has 176 valence electrons. The highest BCUT2D eigenvalue weighted by atomic mass is 16.5. The minimum atomic E-state index is -1.06. The molecule has 0 spiro atoms. The number of hydrogen-bond donors (Lipinski definition) is 5. The highest BCUT2D eigenvalue weighted by Crippen LogP contribution is 2.30. The van der Waals surface area contributed by atoms with Crippen LogP contribution >= 0.6 is 0 Å². The van der Waals surface area contributed by atoms with Crippen molar-refractivity contribution in [3.8, 4) is 11.6 Å². The molecule has 0 unspecified atom stereocenters. The number of fused-ring (bicyclic) bond motifs is 1. The molecule has 0 aliphatic carbocycles. The Bertz CT molecular complexity index is 1110. The lowest BCUT2D eigenvalue weighted by Gasteiger charge is -2.18. The third kappa shape index (κ3) is 6.89. The first-order chi connectivity index (χ1) is 15.8. The van der Waals surface area contributed by atoms with E-state index in [1.54, 1.807) is 24.3 Å². The Morgan fingerprint density at radius 3 is 3.00 bits per heavy atom. The molecule has 0 saturated heterocycles. The summed E-state index contributed by atoms with van der Waals surface area (Å²) in [6.45, 7) is 3.93. The number of aromatic nitrogens is 3. The lowest BCUT2D eigenvalue weighted by molar-refractivity contribution is -0.139. The molecule has 2 aromatic heterocycles. The Hall–Kier alpha value is -3.70.